The topological polar surface area (TPSA) is 80.1 Å². The molecule has 7 nitrogen and oxygen atoms in total. The molecular weight excluding hydrogens is 402 g/mol. The van der Waals surface area contributed by atoms with Gasteiger partial charge in [0.2, 0.25) is 11.8 Å². The molecule has 2 amide bonds. The van der Waals surface area contributed by atoms with Crippen LogP contribution in [0.15, 0.2) is 67.3 Å². The van der Waals surface area contributed by atoms with Crippen LogP contribution in [0.5, 0.6) is 0 Å². The number of likely N-dealkylation sites (tertiary alicyclic amines) is 1. The van der Waals surface area contributed by atoms with Gasteiger partial charge in [-0.15, -0.1) is 0 Å². The smallest absolute Gasteiger partial charge is 0.244 e. The summed E-state index contributed by atoms with van der Waals surface area (Å²) in [6.45, 7) is 5.01. The molecule has 0 bridgehead atoms. The highest BCUT2D eigenvalue weighted by atomic mass is 16.2. The summed E-state index contributed by atoms with van der Waals surface area (Å²) < 4.78 is 1.51. The number of rotatable bonds is 7. The summed E-state index contributed by atoms with van der Waals surface area (Å²) in [7, 11) is 0. The maximum Gasteiger partial charge on any atom is 0.244 e. The molecule has 1 atom stereocenters. The first-order valence-electron chi connectivity index (χ1n) is 11.0. The summed E-state index contributed by atoms with van der Waals surface area (Å²) in [5.41, 5.74) is 2.76. The van der Waals surface area contributed by atoms with Crippen molar-refractivity contribution < 1.29 is 9.59 Å². The molecule has 1 fully saturated rings. The Morgan fingerprint density at radius 1 is 1.06 bits per heavy atom. The zero-order chi connectivity index (χ0) is 22.6. The van der Waals surface area contributed by atoms with Crippen LogP contribution in [0.25, 0.3) is 11.1 Å². The first-order valence-corrected chi connectivity index (χ1v) is 11.0. The quantitative estimate of drug-likeness (QED) is 0.624. The van der Waals surface area contributed by atoms with E-state index in [1.165, 1.54) is 17.3 Å². The number of carbonyl (C=O) groups excluding carboxylic acids is 2. The second-order valence-electron chi connectivity index (χ2n) is 8.81. The van der Waals surface area contributed by atoms with Crippen molar-refractivity contribution in [1.29, 1.82) is 0 Å². The molecule has 1 aromatic heterocycles. The van der Waals surface area contributed by atoms with Gasteiger partial charge in [-0.1, -0.05) is 54.6 Å². The summed E-state index contributed by atoms with van der Waals surface area (Å²) in [4.78, 5) is 31.8. The van der Waals surface area contributed by atoms with Crippen LogP contribution in [0.4, 0.5) is 0 Å². The van der Waals surface area contributed by atoms with Gasteiger partial charge >= 0.3 is 0 Å². The molecule has 32 heavy (non-hydrogen) atoms. The van der Waals surface area contributed by atoms with E-state index in [0.717, 1.165) is 16.7 Å². The van der Waals surface area contributed by atoms with Crippen LogP contribution >= 0.6 is 0 Å². The Bertz CT molecular complexity index is 1050. The second-order valence-corrected chi connectivity index (χ2v) is 8.81. The molecule has 166 valence electrons. The van der Waals surface area contributed by atoms with Gasteiger partial charge < -0.3 is 10.2 Å². The molecule has 1 unspecified atom stereocenters. The lowest BCUT2D eigenvalue weighted by atomic mass is 9.79. The largest absolute Gasteiger partial charge is 0.353 e. The van der Waals surface area contributed by atoms with E-state index < -0.39 is 5.41 Å². The summed E-state index contributed by atoms with van der Waals surface area (Å²) in [6, 6.07) is 18.6. The molecule has 1 aliphatic heterocycles. The van der Waals surface area contributed by atoms with E-state index in [1.54, 1.807) is 4.90 Å². The van der Waals surface area contributed by atoms with Crippen LogP contribution in [0.3, 0.4) is 0 Å². The van der Waals surface area contributed by atoms with E-state index in [1.807, 2.05) is 32.0 Å². The fourth-order valence-electron chi connectivity index (χ4n) is 4.30. The number of nitrogens with one attached hydrogen (secondary N) is 1. The summed E-state index contributed by atoms with van der Waals surface area (Å²) in [5, 5.41) is 7.10. The van der Waals surface area contributed by atoms with Gasteiger partial charge in [0.05, 0.1) is 5.41 Å². The molecule has 1 saturated heterocycles. The molecule has 4 rings (SSSR count). The molecule has 1 aliphatic rings. The predicted octanol–water partition coefficient (Wildman–Crippen LogP) is 2.93. The van der Waals surface area contributed by atoms with Crippen LogP contribution in [0.1, 0.15) is 25.8 Å². The van der Waals surface area contributed by atoms with Crippen molar-refractivity contribution in [3.05, 3.63) is 72.8 Å². The fourth-order valence-corrected chi connectivity index (χ4v) is 4.30. The van der Waals surface area contributed by atoms with E-state index in [0.29, 0.717) is 25.9 Å². The molecule has 0 aliphatic carbocycles. The van der Waals surface area contributed by atoms with Crippen molar-refractivity contribution in [2.75, 3.05) is 13.1 Å². The number of nitrogens with zero attached hydrogens (tertiary/aromatic N) is 4. The van der Waals surface area contributed by atoms with Crippen molar-refractivity contribution in [3.63, 3.8) is 0 Å². The summed E-state index contributed by atoms with van der Waals surface area (Å²) >= 11 is 0. The molecule has 0 radical (unpaired) electrons. The Balaban J connectivity index is 1.52. The van der Waals surface area contributed by atoms with Gasteiger partial charge in [-0.2, -0.15) is 5.10 Å². The highest BCUT2D eigenvalue weighted by Gasteiger charge is 2.46. The molecular formula is C25H29N5O2. The van der Waals surface area contributed by atoms with Crippen molar-refractivity contribution >= 4 is 11.8 Å². The molecule has 2 aromatic carbocycles. The zero-order valence-corrected chi connectivity index (χ0v) is 18.6. The molecule has 7 heteroatoms. The molecule has 0 spiro atoms. The maximum absolute atomic E-state index is 13.3. The van der Waals surface area contributed by atoms with Gasteiger partial charge in [0, 0.05) is 19.1 Å². The van der Waals surface area contributed by atoms with Crippen molar-refractivity contribution in [1.82, 2.24) is 25.0 Å². The van der Waals surface area contributed by atoms with E-state index in [9.17, 15) is 9.59 Å². The van der Waals surface area contributed by atoms with Gasteiger partial charge in [-0.3, -0.25) is 9.59 Å². The van der Waals surface area contributed by atoms with Crippen molar-refractivity contribution in [2.24, 2.45) is 5.41 Å². The number of hydrogen-bond acceptors (Lipinski definition) is 4. The third-order valence-corrected chi connectivity index (χ3v) is 5.98. The normalized spacial score (nSPS) is 18.2. The van der Waals surface area contributed by atoms with Crippen molar-refractivity contribution in [2.45, 2.75) is 39.3 Å². The number of benzene rings is 2. The van der Waals surface area contributed by atoms with Gasteiger partial charge in [0.25, 0.3) is 0 Å². The van der Waals surface area contributed by atoms with Crippen LogP contribution in [-0.2, 0) is 22.6 Å². The molecule has 0 saturated carbocycles. The van der Waals surface area contributed by atoms with Crippen molar-refractivity contribution in [3.8, 4) is 11.1 Å². The van der Waals surface area contributed by atoms with Gasteiger partial charge in [0.1, 0.15) is 19.2 Å². The average Bonchev–Trinajstić information content (AvgIpc) is 3.45. The van der Waals surface area contributed by atoms with Crippen LogP contribution in [0, 0.1) is 5.41 Å². The van der Waals surface area contributed by atoms with E-state index in [2.05, 4.69) is 51.8 Å². The highest BCUT2D eigenvalue weighted by molar-refractivity contribution is 5.86. The summed E-state index contributed by atoms with van der Waals surface area (Å²) in [6.07, 6.45) is 4.17. The second kappa shape index (κ2) is 9.34. The minimum atomic E-state index is -0.642. The predicted molar refractivity (Wildman–Crippen MR) is 123 cm³/mol. The lowest BCUT2D eigenvalue weighted by Crippen LogP contribution is -2.47. The van der Waals surface area contributed by atoms with Gasteiger partial charge in [0.15, 0.2) is 0 Å². The third kappa shape index (κ3) is 4.88. The number of hydrogen-bond donors (Lipinski definition) is 1. The Morgan fingerprint density at radius 2 is 1.78 bits per heavy atom. The van der Waals surface area contributed by atoms with E-state index in [-0.39, 0.29) is 24.4 Å². The Labute approximate surface area is 188 Å². The molecule has 1 N–H and O–H groups in total. The fraction of sp³-hybridized carbons (Fsp3) is 0.360. The lowest BCUT2D eigenvalue weighted by molar-refractivity contribution is -0.134. The maximum atomic E-state index is 13.3. The van der Waals surface area contributed by atoms with Gasteiger partial charge in [-0.05, 0) is 43.4 Å². The standard InChI is InChI=1S/C25H29N5O2/c1-19(2)28-24(32)25(12-13-29(16-25)23(31)15-30-18-26-17-27-30)14-20-8-10-22(11-9-20)21-6-4-3-5-7-21/h3-11,17-19H,12-16H2,1-2H3,(H,28,32). The van der Waals surface area contributed by atoms with Crippen LogP contribution in [-0.4, -0.2) is 50.6 Å². The van der Waals surface area contributed by atoms with Gasteiger partial charge in [-0.25, -0.2) is 9.67 Å². The van der Waals surface area contributed by atoms with Crippen LogP contribution in [0.2, 0.25) is 0 Å². The van der Waals surface area contributed by atoms with E-state index in [4.69, 9.17) is 0 Å². The minimum Gasteiger partial charge on any atom is -0.353 e. The monoisotopic (exact) mass is 431 g/mol. The zero-order valence-electron chi connectivity index (χ0n) is 18.6. The number of aromatic nitrogens is 3. The number of carbonyl (C=O) groups is 2. The average molecular weight is 432 g/mol. The molecule has 3 aromatic rings. The first kappa shape index (κ1) is 21.7. The Hall–Kier alpha value is -3.48. The van der Waals surface area contributed by atoms with Crippen LogP contribution < -0.4 is 5.32 Å². The Morgan fingerprint density at radius 3 is 2.44 bits per heavy atom. The molecule has 2 heterocycles. The highest BCUT2D eigenvalue weighted by Crippen LogP contribution is 2.35. The lowest BCUT2D eigenvalue weighted by Gasteiger charge is -2.29. The summed E-state index contributed by atoms with van der Waals surface area (Å²) in [5.74, 6) is -0.0372. The third-order valence-electron chi connectivity index (χ3n) is 5.98. The first-order chi connectivity index (χ1) is 15.4. The Kier molecular flexibility index (Phi) is 6.35. The minimum absolute atomic E-state index is 0.00990. The number of amides is 2. The van der Waals surface area contributed by atoms with E-state index >= 15 is 0 Å². The SMILES string of the molecule is CC(C)NC(=O)C1(Cc2ccc(-c3ccccc3)cc2)CCN(C(=O)Cn2cncn2)C1.